The standard InChI is InChI=1S/C21H27N7O2/c1-27(10-5-8-18-17(13-22)20(23)26-25-18)21(30)24-16-7-4-6-15(12-16)14-28-11-3-2-9-19(28)29/h4,6-7,12H,2-3,5,8-11,14H2,1H3,(H,24,30)(H3,23,25,26). The van der Waals surface area contributed by atoms with Crippen molar-refractivity contribution >= 4 is 23.4 Å². The number of carbonyl (C=O) groups excluding carboxylic acids is 2. The molecule has 30 heavy (non-hydrogen) atoms. The number of nitriles is 1. The second-order valence-electron chi connectivity index (χ2n) is 7.50. The Hall–Kier alpha value is -3.54. The Labute approximate surface area is 175 Å². The number of aryl methyl sites for hydroxylation is 1. The van der Waals surface area contributed by atoms with Crippen LogP contribution in [-0.2, 0) is 17.8 Å². The predicted molar refractivity (Wildman–Crippen MR) is 113 cm³/mol. The van der Waals surface area contributed by atoms with Crippen LogP contribution in [0.15, 0.2) is 24.3 Å². The van der Waals surface area contributed by atoms with Crippen LogP contribution in [0, 0.1) is 11.3 Å². The first kappa shape index (κ1) is 21.2. The lowest BCUT2D eigenvalue weighted by Gasteiger charge is -2.27. The smallest absolute Gasteiger partial charge is 0.321 e. The van der Waals surface area contributed by atoms with Crippen molar-refractivity contribution in [3.63, 3.8) is 0 Å². The Morgan fingerprint density at radius 1 is 1.43 bits per heavy atom. The first-order valence-electron chi connectivity index (χ1n) is 10.1. The van der Waals surface area contributed by atoms with E-state index >= 15 is 0 Å². The summed E-state index contributed by atoms with van der Waals surface area (Å²) in [5.74, 6) is 0.388. The van der Waals surface area contributed by atoms with Crippen LogP contribution < -0.4 is 11.1 Å². The lowest BCUT2D eigenvalue weighted by molar-refractivity contribution is -0.133. The molecule has 4 N–H and O–H groups in total. The quantitative estimate of drug-likeness (QED) is 0.646. The van der Waals surface area contributed by atoms with Crippen LogP contribution in [0.3, 0.4) is 0 Å². The van der Waals surface area contributed by atoms with E-state index in [0.29, 0.717) is 49.3 Å². The fourth-order valence-corrected chi connectivity index (χ4v) is 3.51. The molecule has 1 aliphatic heterocycles. The van der Waals surface area contributed by atoms with Gasteiger partial charge in [-0.3, -0.25) is 9.89 Å². The molecule has 2 aromatic rings. The minimum Gasteiger partial charge on any atom is -0.381 e. The molecule has 3 rings (SSSR count). The van der Waals surface area contributed by atoms with E-state index in [4.69, 9.17) is 11.0 Å². The van der Waals surface area contributed by atoms with Gasteiger partial charge in [-0.25, -0.2) is 4.79 Å². The molecule has 0 unspecified atom stereocenters. The molecule has 0 spiro atoms. The maximum absolute atomic E-state index is 12.5. The van der Waals surface area contributed by atoms with Gasteiger partial charge in [0.15, 0.2) is 5.82 Å². The summed E-state index contributed by atoms with van der Waals surface area (Å²) in [5.41, 5.74) is 8.37. The third-order valence-electron chi connectivity index (χ3n) is 5.22. The fraction of sp³-hybridized carbons (Fsp3) is 0.429. The van der Waals surface area contributed by atoms with E-state index in [2.05, 4.69) is 15.5 Å². The van der Waals surface area contributed by atoms with Crippen molar-refractivity contribution in [1.82, 2.24) is 20.0 Å². The van der Waals surface area contributed by atoms with E-state index in [9.17, 15) is 9.59 Å². The van der Waals surface area contributed by atoms with Crippen molar-refractivity contribution in [3.8, 4) is 6.07 Å². The number of urea groups is 1. The summed E-state index contributed by atoms with van der Waals surface area (Å²) in [4.78, 5) is 28.0. The Bertz CT molecular complexity index is 947. The molecular weight excluding hydrogens is 382 g/mol. The largest absolute Gasteiger partial charge is 0.381 e. The number of nitrogens with zero attached hydrogens (tertiary/aromatic N) is 4. The number of hydrogen-bond acceptors (Lipinski definition) is 5. The zero-order chi connectivity index (χ0) is 21.5. The van der Waals surface area contributed by atoms with E-state index in [1.807, 2.05) is 35.2 Å². The van der Waals surface area contributed by atoms with Crippen LogP contribution >= 0.6 is 0 Å². The summed E-state index contributed by atoms with van der Waals surface area (Å²) in [6, 6.07) is 9.40. The van der Waals surface area contributed by atoms with Gasteiger partial charge in [0.05, 0.1) is 5.69 Å². The van der Waals surface area contributed by atoms with Gasteiger partial charge in [0, 0.05) is 38.8 Å². The molecule has 2 heterocycles. The molecule has 0 aliphatic carbocycles. The van der Waals surface area contributed by atoms with Crippen LogP contribution in [0.2, 0.25) is 0 Å². The molecule has 1 fully saturated rings. The van der Waals surface area contributed by atoms with Gasteiger partial charge in [-0.2, -0.15) is 10.4 Å². The number of rotatable bonds is 7. The summed E-state index contributed by atoms with van der Waals surface area (Å²) >= 11 is 0. The van der Waals surface area contributed by atoms with Gasteiger partial charge >= 0.3 is 6.03 Å². The maximum atomic E-state index is 12.5. The molecule has 1 aliphatic rings. The zero-order valence-corrected chi connectivity index (χ0v) is 17.1. The minimum atomic E-state index is -0.217. The van der Waals surface area contributed by atoms with Gasteiger partial charge in [0.1, 0.15) is 11.6 Å². The lowest BCUT2D eigenvalue weighted by atomic mass is 10.1. The lowest BCUT2D eigenvalue weighted by Crippen LogP contribution is -2.34. The molecule has 0 radical (unpaired) electrons. The summed E-state index contributed by atoms with van der Waals surface area (Å²) in [6.45, 7) is 1.86. The number of carbonyl (C=O) groups is 2. The van der Waals surface area contributed by atoms with Crippen LogP contribution in [0.25, 0.3) is 0 Å². The summed E-state index contributed by atoms with van der Waals surface area (Å²) in [6.07, 6.45) is 3.85. The second kappa shape index (κ2) is 9.78. The van der Waals surface area contributed by atoms with Gasteiger partial charge in [0.2, 0.25) is 5.91 Å². The Kier molecular flexibility index (Phi) is 6.91. The van der Waals surface area contributed by atoms with Crippen molar-refractivity contribution in [2.24, 2.45) is 0 Å². The number of nitrogen functional groups attached to an aromatic ring is 1. The van der Waals surface area contributed by atoms with Crippen molar-refractivity contribution < 1.29 is 9.59 Å². The van der Waals surface area contributed by atoms with E-state index < -0.39 is 0 Å². The molecule has 0 saturated carbocycles. The van der Waals surface area contributed by atoms with Gasteiger partial charge in [-0.1, -0.05) is 12.1 Å². The van der Waals surface area contributed by atoms with Crippen LogP contribution in [0.5, 0.6) is 0 Å². The highest BCUT2D eigenvalue weighted by atomic mass is 16.2. The Morgan fingerprint density at radius 3 is 3.03 bits per heavy atom. The summed E-state index contributed by atoms with van der Waals surface area (Å²) < 4.78 is 0. The number of anilines is 2. The van der Waals surface area contributed by atoms with Crippen LogP contribution in [0.4, 0.5) is 16.3 Å². The molecule has 1 aromatic heterocycles. The Balaban J connectivity index is 1.50. The first-order chi connectivity index (χ1) is 14.5. The molecule has 0 atom stereocenters. The molecule has 1 aromatic carbocycles. The Morgan fingerprint density at radius 2 is 2.27 bits per heavy atom. The first-order valence-corrected chi connectivity index (χ1v) is 10.1. The maximum Gasteiger partial charge on any atom is 0.321 e. The molecule has 0 bridgehead atoms. The number of amides is 3. The second-order valence-corrected chi connectivity index (χ2v) is 7.50. The molecular formula is C21H27N7O2. The number of H-pyrrole nitrogens is 1. The fourth-order valence-electron chi connectivity index (χ4n) is 3.51. The van der Waals surface area contributed by atoms with Gasteiger partial charge in [0.25, 0.3) is 0 Å². The number of aromatic nitrogens is 2. The normalized spacial score (nSPS) is 13.7. The van der Waals surface area contributed by atoms with Gasteiger partial charge in [-0.15, -0.1) is 0 Å². The molecule has 9 heteroatoms. The topological polar surface area (TPSA) is 131 Å². The third kappa shape index (κ3) is 5.29. The highest BCUT2D eigenvalue weighted by molar-refractivity contribution is 5.89. The molecule has 9 nitrogen and oxygen atoms in total. The minimum absolute atomic E-state index is 0.189. The number of benzene rings is 1. The third-order valence-corrected chi connectivity index (χ3v) is 5.22. The van der Waals surface area contributed by atoms with Crippen molar-refractivity contribution in [2.75, 3.05) is 31.2 Å². The molecule has 3 amide bonds. The van der Waals surface area contributed by atoms with Crippen molar-refractivity contribution in [1.29, 1.82) is 5.26 Å². The number of hydrogen-bond donors (Lipinski definition) is 3. The van der Waals surface area contributed by atoms with Crippen molar-refractivity contribution in [2.45, 2.75) is 38.6 Å². The predicted octanol–water partition coefficient (Wildman–Crippen LogP) is 2.47. The monoisotopic (exact) mass is 409 g/mol. The SMILES string of the molecule is CN(CCCc1[nH]nc(N)c1C#N)C(=O)Nc1cccc(CN2CCCCC2=O)c1. The zero-order valence-electron chi connectivity index (χ0n) is 17.1. The average molecular weight is 409 g/mol. The average Bonchev–Trinajstić information content (AvgIpc) is 3.09. The van der Waals surface area contributed by atoms with Gasteiger partial charge in [-0.05, 0) is 43.4 Å². The summed E-state index contributed by atoms with van der Waals surface area (Å²) in [7, 11) is 1.72. The van der Waals surface area contributed by atoms with E-state index in [0.717, 1.165) is 24.9 Å². The van der Waals surface area contributed by atoms with Crippen LogP contribution in [-0.4, -0.2) is 52.1 Å². The molecule has 1 saturated heterocycles. The summed E-state index contributed by atoms with van der Waals surface area (Å²) in [5, 5.41) is 18.6. The van der Waals surface area contributed by atoms with E-state index in [1.165, 1.54) is 0 Å². The van der Waals surface area contributed by atoms with E-state index in [-0.39, 0.29) is 17.8 Å². The number of aromatic amines is 1. The van der Waals surface area contributed by atoms with Crippen LogP contribution in [0.1, 0.15) is 42.5 Å². The molecule has 158 valence electrons. The number of likely N-dealkylation sites (tertiary alicyclic amines) is 1. The van der Waals surface area contributed by atoms with Crippen molar-refractivity contribution in [3.05, 3.63) is 41.1 Å². The number of piperidine rings is 1. The number of nitrogens with two attached hydrogens (primary N) is 1. The van der Waals surface area contributed by atoms with E-state index in [1.54, 1.807) is 11.9 Å². The van der Waals surface area contributed by atoms with Gasteiger partial charge < -0.3 is 20.9 Å². The highest BCUT2D eigenvalue weighted by Gasteiger charge is 2.18. The number of nitrogens with one attached hydrogen (secondary N) is 2. The highest BCUT2D eigenvalue weighted by Crippen LogP contribution is 2.18.